The van der Waals surface area contributed by atoms with Gasteiger partial charge in [0, 0.05) is 18.4 Å². The zero-order valence-electron chi connectivity index (χ0n) is 14.4. The number of amides is 2. The second kappa shape index (κ2) is 7.17. The summed E-state index contributed by atoms with van der Waals surface area (Å²) in [6, 6.07) is 16.2. The van der Waals surface area contributed by atoms with Crippen molar-refractivity contribution in [2.24, 2.45) is 5.41 Å². The molecule has 2 amide bonds. The summed E-state index contributed by atoms with van der Waals surface area (Å²) in [5, 5.41) is 2.78. The molecular weight excluding hydrogens is 304 g/mol. The standard InChI is InChI=1S/C19H22N2O3/c1-19(2,18(23)21(3)15-8-6-5-7-9-15)17(22)20-14-10-12-16(24-4)13-11-14/h5-13H,1-4H3,(H,20,22). The van der Waals surface area contributed by atoms with E-state index in [0.29, 0.717) is 11.4 Å². The third-order valence-electron chi connectivity index (χ3n) is 3.90. The van der Waals surface area contributed by atoms with E-state index in [-0.39, 0.29) is 11.8 Å². The Kier molecular flexibility index (Phi) is 5.24. The number of hydrogen-bond acceptors (Lipinski definition) is 3. The van der Waals surface area contributed by atoms with Crippen LogP contribution >= 0.6 is 0 Å². The summed E-state index contributed by atoms with van der Waals surface area (Å²) in [4.78, 5) is 26.8. The van der Waals surface area contributed by atoms with E-state index in [1.807, 2.05) is 30.3 Å². The molecule has 0 aromatic heterocycles. The van der Waals surface area contributed by atoms with Crippen molar-refractivity contribution >= 4 is 23.2 Å². The third-order valence-corrected chi connectivity index (χ3v) is 3.90. The third kappa shape index (κ3) is 3.74. The molecule has 0 fully saturated rings. The summed E-state index contributed by atoms with van der Waals surface area (Å²) in [5.41, 5.74) is 0.154. The minimum absolute atomic E-state index is 0.278. The number of rotatable bonds is 5. The molecule has 126 valence electrons. The van der Waals surface area contributed by atoms with E-state index in [9.17, 15) is 9.59 Å². The van der Waals surface area contributed by atoms with Crippen molar-refractivity contribution in [3.63, 3.8) is 0 Å². The Morgan fingerprint density at radius 3 is 2.12 bits per heavy atom. The molecule has 0 saturated carbocycles. The SMILES string of the molecule is COc1ccc(NC(=O)C(C)(C)C(=O)N(C)c2ccccc2)cc1. The molecule has 2 aromatic rings. The number of carbonyl (C=O) groups excluding carboxylic acids is 2. The predicted molar refractivity (Wildman–Crippen MR) is 95.3 cm³/mol. The first-order chi connectivity index (χ1) is 11.4. The Hall–Kier alpha value is -2.82. The fraction of sp³-hybridized carbons (Fsp3) is 0.263. The maximum absolute atomic E-state index is 12.7. The van der Waals surface area contributed by atoms with Crippen LogP contribution in [0.1, 0.15) is 13.8 Å². The lowest BCUT2D eigenvalue weighted by Gasteiger charge is -2.28. The molecule has 2 rings (SSSR count). The number of benzene rings is 2. The van der Waals surface area contributed by atoms with Gasteiger partial charge in [0.2, 0.25) is 11.8 Å². The van der Waals surface area contributed by atoms with E-state index >= 15 is 0 Å². The Labute approximate surface area is 142 Å². The zero-order chi connectivity index (χ0) is 17.7. The normalized spacial score (nSPS) is 10.8. The molecule has 0 aliphatic carbocycles. The lowest BCUT2D eigenvalue weighted by atomic mass is 9.90. The minimum atomic E-state index is -1.20. The first kappa shape index (κ1) is 17.5. The van der Waals surface area contributed by atoms with Gasteiger partial charge in [0.25, 0.3) is 0 Å². The fourth-order valence-electron chi connectivity index (χ4n) is 2.25. The topological polar surface area (TPSA) is 58.6 Å². The molecule has 0 aliphatic heterocycles. The lowest BCUT2D eigenvalue weighted by molar-refractivity contribution is -0.136. The molecule has 0 radical (unpaired) electrons. The number of para-hydroxylation sites is 1. The maximum Gasteiger partial charge on any atom is 0.241 e. The van der Waals surface area contributed by atoms with Crippen molar-refractivity contribution < 1.29 is 14.3 Å². The smallest absolute Gasteiger partial charge is 0.241 e. The predicted octanol–water partition coefficient (Wildman–Crippen LogP) is 3.32. The average molecular weight is 326 g/mol. The largest absolute Gasteiger partial charge is 0.497 e. The van der Waals surface area contributed by atoms with E-state index in [1.54, 1.807) is 52.3 Å². The first-order valence-corrected chi connectivity index (χ1v) is 7.65. The van der Waals surface area contributed by atoms with Crippen LogP contribution in [0.5, 0.6) is 5.75 Å². The Morgan fingerprint density at radius 1 is 1.00 bits per heavy atom. The van der Waals surface area contributed by atoms with E-state index in [2.05, 4.69) is 5.32 Å². The van der Waals surface area contributed by atoms with Gasteiger partial charge in [-0.25, -0.2) is 0 Å². The van der Waals surface area contributed by atoms with Crippen LogP contribution in [-0.2, 0) is 9.59 Å². The van der Waals surface area contributed by atoms with E-state index in [4.69, 9.17) is 4.74 Å². The molecule has 5 nitrogen and oxygen atoms in total. The monoisotopic (exact) mass is 326 g/mol. The maximum atomic E-state index is 12.7. The summed E-state index contributed by atoms with van der Waals surface area (Å²) in [6.45, 7) is 3.24. The van der Waals surface area contributed by atoms with Gasteiger partial charge in [0.15, 0.2) is 0 Å². The van der Waals surface area contributed by atoms with Gasteiger partial charge in [0.1, 0.15) is 11.2 Å². The molecule has 1 N–H and O–H groups in total. The van der Waals surface area contributed by atoms with Crippen LogP contribution in [0.15, 0.2) is 54.6 Å². The van der Waals surface area contributed by atoms with Crippen LogP contribution in [-0.4, -0.2) is 26.0 Å². The van der Waals surface area contributed by atoms with E-state index in [0.717, 1.165) is 5.69 Å². The van der Waals surface area contributed by atoms with Gasteiger partial charge in [0.05, 0.1) is 7.11 Å². The minimum Gasteiger partial charge on any atom is -0.497 e. The van der Waals surface area contributed by atoms with Crippen molar-refractivity contribution in [3.05, 3.63) is 54.6 Å². The highest BCUT2D eigenvalue weighted by Gasteiger charge is 2.38. The van der Waals surface area contributed by atoms with Gasteiger partial charge in [-0.2, -0.15) is 0 Å². The zero-order valence-corrected chi connectivity index (χ0v) is 14.4. The number of anilines is 2. The van der Waals surface area contributed by atoms with Crippen LogP contribution in [0.3, 0.4) is 0 Å². The van der Waals surface area contributed by atoms with Gasteiger partial charge < -0.3 is 15.0 Å². The highest BCUT2D eigenvalue weighted by atomic mass is 16.5. The molecule has 0 bridgehead atoms. The van der Waals surface area contributed by atoms with Gasteiger partial charge >= 0.3 is 0 Å². The molecule has 2 aromatic carbocycles. The quantitative estimate of drug-likeness (QED) is 0.858. The number of carbonyl (C=O) groups is 2. The lowest BCUT2D eigenvalue weighted by Crippen LogP contribution is -2.46. The van der Waals surface area contributed by atoms with Crippen LogP contribution in [0.4, 0.5) is 11.4 Å². The van der Waals surface area contributed by atoms with Gasteiger partial charge in [-0.15, -0.1) is 0 Å². The van der Waals surface area contributed by atoms with Crippen molar-refractivity contribution in [3.8, 4) is 5.75 Å². The molecular formula is C19H22N2O3. The van der Waals surface area contributed by atoms with Crippen LogP contribution in [0.2, 0.25) is 0 Å². The van der Waals surface area contributed by atoms with Gasteiger partial charge in [-0.05, 0) is 50.2 Å². The van der Waals surface area contributed by atoms with Gasteiger partial charge in [-0.1, -0.05) is 18.2 Å². The molecule has 0 spiro atoms. The second-order valence-electron chi connectivity index (χ2n) is 6.01. The Morgan fingerprint density at radius 2 is 1.58 bits per heavy atom. The molecule has 24 heavy (non-hydrogen) atoms. The van der Waals surface area contributed by atoms with Crippen LogP contribution in [0.25, 0.3) is 0 Å². The Balaban J connectivity index is 2.12. The average Bonchev–Trinajstić information content (AvgIpc) is 2.61. The van der Waals surface area contributed by atoms with Crippen molar-refractivity contribution in [1.82, 2.24) is 0 Å². The highest BCUT2D eigenvalue weighted by molar-refractivity contribution is 6.14. The summed E-state index contributed by atoms with van der Waals surface area (Å²) in [5.74, 6) is 0.0623. The number of hydrogen-bond donors (Lipinski definition) is 1. The molecule has 5 heteroatoms. The van der Waals surface area contributed by atoms with Crippen LogP contribution in [0, 0.1) is 5.41 Å². The van der Waals surface area contributed by atoms with Crippen molar-refractivity contribution in [1.29, 1.82) is 0 Å². The summed E-state index contributed by atoms with van der Waals surface area (Å²) >= 11 is 0. The fourth-order valence-corrected chi connectivity index (χ4v) is 2.25. The summed E-state index contributed by atoms with van der Waals surface area (Å²) < 4.78 is 5.09. The summed E-state index contributed by atoms with van der Waals surface area (Å²) in [6.07, 6.45) is 0. The number of nitrogens with zero attached hydrogens (tertiary/aromatic N) is 1. The summed E-state index contributed by atoms with van der Waals surface area (Å²) in [7, 11) is 3.24. The van der Waals surface area contributed by atoms with Gasteiger partial charge in [-0.3, -0.25) is 9.59 Å². The molecule has 0 unspecified atom stereocenters. The molecule has 0 heterocycles. The molecule has 0 atom stereocenters. The van der Waals surface area contributed by atoms with Crippen LogP contribution < -0.4 is 15.0 Å². The van der Waals surface area contributed by atoms with Crippen molar-refractivity contribution in [2.45, 2.75) is 13.8 Å². The number of methoxy groups -OCH3 is 1. The molecule has 0 aliphatic rings. The van der Waals surface area contributed by atoms with E-state index in [1.165, 1.54) is 4.90 Å². The second-order valence-corrected chi connectivity index (χ2v) is 6.01. The number of nitrogens with one attached hydrogen (secondary N) is 1. The Bertz CT molecular complexity index is 709. The number of ether oxygens (including phenoxy) is 1. The molecule has 0 saturated heterocycles. The highest BCUT2D eigenvalue weighted by Crippen LogP contribution is 2.25. The first-order valence-electron chi connectivity index (χ1n) is 7.65. The van der Waals surface area contributed by atoms with E-state index < -0.39 is 5.41 Å². The van der Waals surface area contributed by atoms with Crippen molar-refractivity contribution in [2.75, 3.05) is 24.4 Å².